The van der Waals surface area contributed by atoms with Gasteiger partial charge in [-0.2, -0.15) is 0 Å². The molecule has 0 amide bonds. The number of rotatable bonds is 3. The molecule has 0 saturated heterocycles. The number of halogens is 4. The maximum Gasteiger partial charge on any atom is 0.133 e. The van der Waals surface area contributed by atoms with Crippen LogP contribution in [0.4, 0.5) is 0 Å². The van der Waals surface area contributed by atoms with Crippen molar-refractivity contribution in [3.63, 3.8) is 0 Å². The fourth-order valence-corrected chi connectivity index (χ4v) is 3.06. The van der Waals surface area contributed by atoms with E-state index in [0.717, 1.165) is 29.9 Å². The summed E-state index contributed by atoms with van der Waals surface area (Å²) < 4.78 is 7.11. The number of ether oxygens (including phenoxy) is 1. The van der Waals surface area contributed by atoms with Gasteiger partial charge in [0.2, 0.25) is 0 Å². The Bertz CT molecular complexity index is 604. The molecule has 0 aliphatic rings. The summed E-state index contributed by atoms with van der Waals surface area (Å²) in [5, 5.41) is 0.480. The van der Waals surface area contributed by atoms with E-state index >= 15 is 0 Å². The molecule has 0 spiro atoms. The van der Waals surface area contributed by atoms with Crippen LogP contribution in [0.25, 0.3) is 0 Å². The average molecular weight is 472 g/mol. The van der Waals surface area contributed by atoms with Gasteiger partial charge in [-0.3, -0.25) is 0 Å². The van der Waals surface area contributed by atoms with Crippen molar-refractivity contribution in [1.82, 2.24) is 0 Å². The van der Waals surface area contributed by atoms with Gasteiger partial charge in [0, 0.05) is 3.57 Å². The molecule has 0 heterocycles. The van der Waals surface area contributed by atoms with Gasteiger partial charge < -0.3 is 4.74 Å². The van der Waals surface area contributed by atoms with Crippen molar-refractivity contribution in [1.29, 1.82) is 0 Å². The largest absolute Gasteiger partial charge is 0.496 e. The highest BCUT2D eigenvalue weighted by atomic mass is 127. The van der Waals surface area contributed by atoms with E-state index in [1.54, 1.807) is 7.11 Å². The molecule has 2 rings (SSSR count). The van der Waals surface area contributed by atoms with Crippen molar-refractivity contribution < 1.29 is 4.74 Å². The monoisotopic (exact) mass is 470 g/mol. The molecule has 2 aromatic carbocycles. The molecule has 0 N–H and O–H groups in total. The third-order valence-electron chi connectivity index (χ3n) is 2.70. The minimum absolute atomic E-state index is 0.239. The van der Waals surface area contributed by atoms with Crippen molar-refractivity contribution in [3.8, 4) is 5.75 Å². The predicted octanol–water partition coefficient (Wildman–Crippen LogP) is 6.04. The van der Waals surface area contributed by atoms with Crippen LogP contribution >= 0.6 is 61.7 Å². The third-order valence-corrected chi connectivity index (χ3v) is 5.40. The van der Waals surface area contributed by atoms with E-state index in [4.69, 9.17) is 27.9 Å². The zero-order valence-electron chi connectivity index (χ0n) is 9.96. The van der Waals surface area contributed by atoms with Crippen molar-refractivity contribution in [2.45, 2.75) is 5.38 Å². The van der Waals surface area contributed by atoms with Gasteiger partial charge in [0.25, 0.3) is 0 Å². The van der Waals surface area contributed by atoms with Crippen LogP contribution in [0.2, 0.25) is 5.02 Å². The number of alkyl halides is 1. The van der Waals surface area contributed by atoms with E-state index in [-0.39, 0.29) is 5.38 Å². The highest BCUT2D eigenvalue weighted by Gasteiger charge is 2.14. The summed E-state index contributed by atoms with van der Waals surface area (Å²) in [6, 6.07) is 11.7. The van der Waals surface area contributed by atoms with E-state index in [2.05, 4.69) is 38.5 Å². The summed E-state index contributed by atoms with van der Waals surface area (Å²) in [6.07, 6.45) is 0. The maximum absolute atomic E-state index is 6.50. The molecule has 2 aromatic rings. The van der Waals surface area contributed by atoms with E-state index in [1.165, 1.54) is 0 Å². The molecular weight excluding hydrogens is 462 g/mol. The molecule has 0 bridgehead atoms. The van der Waals surface area contributed by atoms with Crippen LogP contribution in [0.5, 0.6) is 5.75 Å². The Morgan fingerprint density at radius 2 is 1.79 bits per heavy atom. The lowest BCUT2D eigenvalue weighted by Crippen LogP contribution is -1.95. The second kappa shape index (κ2) is 6.66. The molecular formula is C14H10BrCl2IO. The van der Waals surface area contributed by atoms with Gasteiger partial charge in [0.15, 0.2) is 0 Å². The van der Waals surface area contributed by atoms with Crippen LogP contribution in [-0.2, 0) is 0 Å². The van der Waals surface area contributed by atoms with Gasteiger partial charge >= 0.3 is 0 Å². The fraction of sp³-hybridized carbons (Fsp3) is 0.143. The second-order valence-corrected chi connectivity index (χ2v) is 6.79. The van der Waals surface area contributed by atoms with Crippen LogP contribution in [0, 0.1) is 3.57 Å². The quantitative estimate of drug-likeness (QED) is 0.391. The lowest BCUT2D eigenvalue weighted by Gasteiger charge is -2.13. The molecule has 0 saturated carbocycles. The summed E-state index contributed by atoms with van der Waals surface area (Å²) in [7, 11) is 1.64. The smallest absolute Gasteiger partial charge is 0.133 e. The van der Waals surface area contributed by atoms with E-state index < -0.39 is 0 Å². The molecule has 0 aliphatic heterocycles. The van der Waals surface area contributed by atoms with Crippen LogP contribution in [0.1, 0.15) is 16.5 Å². The molecule has 19 heavy (non-hydrogen) atoms. The second-order valence-electron chi connectivity index (χ2n) is 3.93. The Labute approximate surface area is 144 Å². The SMILES string of the molecule is COc1ccc(C(Cl)c2ccc(I)c(Cl)c2)cc1Br. The summed E-state index contributed by atoms with van der Waals surface area (Å²) in [5.41, 5.74) is 1.97. The van der Waals surface area contributed by atoms with E-state index in [0.29, 0.717) is 0 Å². The Kier molecular flexibility index (Phi) is 5.40. The van der Waals surface area contributed by atoms with Gasteiger partial charge in [-0.05, 0) is 73.9 Å². The van der Waals surface area contributed by atoms with Crippen LogP contribution in [-0.4, -0.2) is 7.11 Å². The fourth-order valence-electron chi connectivity index (χ4n) is 1.70. The molecule has 1 nitrogen and oxygen atoms in total. The molecule has 0 aliphatic carbocycles. The summed E-state index contributed by atoms with van der Waals surface area (Å²) in [6.45, 7) is 0. The standard InChI is InChI=1S/C14H10BrCl2IO/c1-19-13-5-3-8(6-10(13)15)14(17)9-2-4-12(18)11(16)7-9/h2-7,14H,1H3. The molecule has 0 fully saturated rings. The average Bonchev–Trinajstić information content (AvgIpc) is 2.41. The summed E-state index contributed by atoms with van der Waals surface area (Å²) >= 11 is 18.3. The lowest BCUT2D eigenvalue weighted by molar-refractivity contribution is 0.412. The van der Waals surface area contributed by atoms with Crippen LogP contribution in [0.15, 0.2) is 40.9 Å². The zero-order valence-corrected chi connectivity index (χ0v) is 15.2. The first-order chi connectivity index (χ1) is 9.02. The van der Waals surface area contributed by atoms with Crippen LogP contribution < -0.4 is 4.74 Å². The molecule has 1 atom stereocenters. The minimum atomic E-state index is -0.239. The van der Waals surface area contributed by atoms with Crippen molar-refractivity contribution in [2.75, 3.05) is 7.11 Å². The molecule has 0 aromatic heterocycles. The number of hydrogen-bond donors (Lipinski definition) is 0. The number of methoxy groups -OCH3 is 1. The zero-order chi connectivity index (χ0) is 14.0. The van der Waals surface area contributed by atoms with Gasteiger partial charge in [-0.1, -0.05) is 23.7 Å². The van der Waals surface area contributed by atoms with Gasteiger partial charge in [-0.25, -0.2) is 0 Å². The Balaban J connectivity index is 2.35. The highest BCUT2D eigenvalue weighted by Crippen LogP contribution is 2.35. The third kappa shape index (κ3) is 3.57. The highest BCUT2D eigenvalue weighted by molar-refractivity contribution is 14.1. The minimum Gasteiger partial charge on any atom is -0.496 e. The first-order valence-corrected chi connectivity index (χ1v) is 8.14. The van der Waals surface area contributed by atoms with Gasteiger partial charge in [0.05, 0.1) is 22.0 Å². The number of benzene rings is 2. The van der Waals surface area contributed by atoms with Crippen molar-refractivity contribution in [3.05, 3.63) is 60.6 Å². The first-order valence-electron chi connectivity index (χ1n) is 5.45. The number of hydrogen-bond acceptors (Lipinski definition) is 1. The van der Waals surface area contributed by atoms with Crippen LogP contribution in [0.3, 0.4) is 0 Å². The van der Waals surface area contributed by atoms with Crippen molar-refractivity contribution in [2.24, 2.45) is 0 Å². The molecule has 1 unspecified atom stereocenters. The lowest BCUT2D eigenvalue weighted by atomic mass is 10.0. The van der Waals surface area contributed by atoms with Gasteiger partial charge in [0.1, 0.15) is 5.75 Å². The Morgan fingerprint density at radius 1 is 1.16 bits per heavy atom. The Hall–Kier alpha value is 0.0300. The van der Waals surface area contributed by atoms with Gasteiger partial charge in [-0.15, -0.1) is 11.6 Å². The molecule has 0 radical (unpaired) electrons. The normalized spacial score (nSPS) is 12.3. The topological polar surface area (TPSA) is 9.23 Å². The Morgan fingerprint density at radius 3 is 2.37 bits per heavy atom. The van der Waals surface area contributed by atoms with Crippen molar-refractivity contribution >= 4 is 61.7 Å². The summed E-state index contributed by atoms with van der Waals surface area (Å²) in [4.78, 5) is 0. The first kappa shape index (κ1) is 15.4. The summed E-state index contributed by atoms with van der Waals surface area (Å²) in [5.74, 6) is 0.785. The predicted molar refractivity (Wildman–Crippen MR) is 92.6 cm³/mol. The molecule has 100 valence electrons. The van der Waals surface area contributed by atoms with E-state index in [1.807, 2.05) is 36.4 Å². The molecule has 5 heteroatoms. The van der Waals surface area contributed by atoms with E-state index in [9.17, 15) is 0 Å². The maximum atomic E-state index is 6.50.